The summed E-state index contributed by atoms with van der Waals surface area (Å²) in [6.45, 7) is 1.11. The average Bonchev–Trinajstić information content (AvgIpc) is 3.20. The molecule has 9 nitrogen and oxygen atoms in total. The summed E-state index contributed by atoms with van der Waals surface area (Å²) in [5.41, 5.74) is 1.45. The van der Waals surface area contributed by atoms with E-state index in [0.717, 1.165) is 5.69 Å². The van der Waals surface area contributed by atoms with E-state index in [0.29, 0.717) is 30.4 Å². The van der Waals surface area contributed by atoms with Crippen LogP contribution >= 0.6 is 0 Å². The molecule has 0 bridgehead atoms. The van der Waals surface area contributed by atoms with Crippen molar-refractivity contribution in [3.8, 4) is 0 Å². The Hall–Kier alpha value is -4.08. The first-order valence-corrected chi connectivity index (χ1v) is 10.2. The number of pyridine rings is 1. The van der Waals surface area contributed by atoms with Gasteiger partial charge in [0.2, 0.25) is 11.8 Å². The molecule has 1 saturated heterocycles. The first-order valence-electron chi connectivity index (χ1n) is 10.2. The predicted molar refractivity (Wildman–Crippen MR) is 118 cm³/mol. The number of hydrogen-bond donors (Lipinski definition) is 3. The van der Waals surface area contributed by atoms with Crippen LogP contribution in [0.2, 0.25) is 0 Å². The molecule has 3 N–H and O–H groups in total. The number of nitrogens with one attached hydrogen (secondary N) is 3. The van der Waals surface area contributed by atoms with E-state index in [9.17, 15) is 14.0 Å². The highest BCUT2D eigenvalue weighted by Crippen LogP contribution is 2.25. The maximum Gasteiger partial charge on any atom is 0.227 e. The summed E-state index contributed by atoms with van der Waals surface area (Å²) in [5.74, 6) is 0.0421. The van der Waals surface area contributed by atoms with Gasteiger partial charge < -0.3 is 20.9 Å². The molecule has 0 saturated carbocycles. The van der Waals surface area contributed by atoms with Crippen LogP contribution in [0.25, 0.3) is 0 Å². The molecule has 0 spiro atoms. The van der Waals surface area contributed by atoms with Gasteiger partial charge in [-0.05, 0) is 48.5 Å². The summed E-state index contributed by atoms with van der Waals surface area (Å²) in [6, 6.07) is 12.9. The Morgan fingerprint density at radius 1 is 1.00 bits per heavy atom. The summed E-state index contributed by atoms with van der Waals surface area (Å²) in [6.07, 6.45) is 3.50. The smallest absolute Gasteiger partial charge is 0.227 e. The van der Waals surface area contributed by atoms with Crippen LogP contribution in [0.3, 0.4) is 0 Å². The SMILES string of the molecule is O=C(NCCNc1ccc(Nc2ccncc2)nn1)[C@H]1CC(=O)N(c2ccc(F)cc2)C1. The molecule has 0 unspecified atom stereocenters. The van der Waals surface area contributed by atoms with Crippen LogP contribution in [0.15, 0.2) is 60.9 Å². The van der Waals surface area contributed by atoms with Crippen LogP contribution in [0.4, 0.5) is 27.4 Å². The molecule has 1 fully saturated rings. The highest BCUT2D eigenvalue weighted by molar-refractivity contribution is 6.00. The molecule has 1 aliphatic rings. The molecular weight excluding hydrogens is 413 g/mol. The molecule has 10 heteroatoms. The van der Waals surface area contributed by atoms with Crippen LogP contribution in [0.5, 0.6) is 0 Å². The lowest BCUT2D eigenvalue weighted by atomic mass is 10.1. The van der Waals surface area contributed by atoms with Crippen molar-refractivity contribution in [2.45, 2.75) is 6.42 Å². The van der Waals surface area contributed by atoms with Gasteiger partial charge in [-0.3, -0.25) is 14.6 Å². The van der Waals surface area contributed by atoms with Crippen LogP contribution in [-0.2, 0) is 9.59 Å². The molecule has 0 aliphatic carbocycles. The van der Waals surface area contributed by atoms with E-state index in [2.05, 4.69) is 31.1 Å². The summed E-state index contributed by atoms with van der Waals surface area (Å²) in [5, 5.41) is 17.2. The molecule has 1 aliphatic heterocycles. The fourth-order valence-electron chi connectivity index (χ4n) is 3.35. The molecule has 4 rings (SSSR count). The predicted octanol–water partition coefficient (Wildman–Crippen LogP) is 2.34. The number of anilines is 4. The van der Waals surface area contributed by atoms with Gasteiger partial charge in [-0.2, -0.15) is 0 Å². The summed E-state index contributed by atoms with van der Waals surface area (Å²) >= 11 is 0. The summed E-state index contributed by atoms with van der Waals surface area (Å²) in [7, 11) is 0. The van der Waals surface area contributed by atoms with Gasteiger partial charge in [0.1, 0.15) is 11.6 Å². The lowest BCUT2D eigenvalue weighted by Gasteiger charge is -2.16. The van der Waals surface area contributed by atoms with E-state index in [1.54, 1.807) is 24.5 Å². The van der Waals surface area contributed by atoms with Gasteiger partial charge in [0.15, 0.2) is 5.82 Å². The number of amides is 2. The second-order valence-electron chi connectivity index (χ2n) is 7.26. The normalized spacial score (nSPS) is 15.5. The van der Waals surface area contributed by atoms with Crippen molar-refractivity contribution in [2.24, 2.45) is 5.92 Å². The highest BCUT2D eigenvalue weighted by Gasteiger charge is 2.34. The summed E-state index contributed by atoms with van der Waals surface area (Å²) in [4.78, 5) is 30.2. The third kappa shape index (κ3) is 5.34. The minimum absolute atomic E-state index is 0.133. The number of rotatable bonds is 8. The zero-order valence-corrected chi connectivity index (χ0v) is 17.2. The second-order valence-corrected chi connectivity index (χ2v) is 7.26. The van der Waals surface area contributed by atoms with Gasteiger partial charge in [0, 0.05) is 49.8 Å². The minimum atomic E-state index is -0.439. The maximum absolute atomic E-state index is 13.1. The van der Waals surface area contributed by atoms with Crippen molar-refractivity contribution in [1.29, 1.82) is 0 Å². The van der Waals surface area contributed by atoms with Gasteiger partial charge in [0.05, 0.1) is 5.92 Å². The fraction of sp³-hybridized carbons (Fsp3) is 0.227. The number of carbonyl (C=O) groups excluding carboxylic acids is 2. The molecular formula is C22H22FN7O2. The minimum Gasteiger partial charge on any atom is -0.367 e. The average molecular weight is 435 g/mol. The second kappa shape index (κ2) is 9.82. The number of aromatic nitrogens is 3. The molecule has 1 atom stereocenters. The monoisotopic (exact) mass is 435 g/mol. The van der Waals surface area contributed by atoms with Crippen molar-refractivity contribution >= 4 is 34.8 Å². The quantitative estimate of drug-likeness (QED) is 0.466. The lowest BCUT2D eigenvalue weighted by molar-refractivity contribution is -0.126. The summed E-state index contributed by atoms with van der Waals surface area (Å²) < 4.78 is 13.1. The van der Waals surface area contributed by atoms with E-state index < -0.39 is 5.92 Å². The molecule has 2 aromatic heterocycles. The van der Waals surface area contributed by atoms with Crippen LogP contribution in [0.1, 0.15) is 6.42 Å². The van der Waals surface area contributed by atoms with Crippen molar-refractivity contribution in [2.75, 3.05) is 35.2 Å². The van der Waals surface area contributed by atoms with Gasteiger partial charge in [-0.25, -0.2) is 4.39 Å². The largest absolute Gasteiger partial charge is 0.367 e. The first kappa shape index (κ1) is 21.2. The lowest BCUT2D eigenvalue weighted by Crippen LogP contribution is -2.35. The van der Waals surface area contributed by atoms with Crippen molar-refractivity contribution in [1.82, 2.24) is 20.5 Å². The Morgan fingerprint density at radius 2 is 1.72 bits per heavy atom. The van der Waals surface area contributed by atoms with E-state index in [1.165, 1.54) is 29.2 Å². The molecule has 1 aromatic carbocycles. The Morgan fingerprint density at radius 3 is 2.44 bits per heavy atom. The van der Waals surface area contributed by atoms with E-state index in [4.69, 9.17) is 0 Å². The number of benzene rings is 1. The molecule has 3 aromatic rings. The first-order chi connectivity index (χ1) is 15.6. The molecule has 2 amide bonds. The van der Waals surface area contributed by atoms with Gasteiger partial charge in [-0.1, -0.05) is 0 Å². The van der Waals surface area contributed by atoms with Crippen molar-refractivity contribution < 1.29 is 14.0 Å². The maximum atomic E-state index is 13.1. The highest BCUT2D eigenvalue weighted by atomic mass is 19.1. The van der Waals surface area contributed by atoms with Crippen molar-refractivity contribution in [3.05, 3.63) is 66.7 Å². The number of hydrogen-bond acceptors (Lipinski definition) is 7. The molecule has 0 radical (unpaired) electrons. The Kier molecular flexibility index (Phi) is 6.49. The van der Waals surface area contributed by atoms with Gasteiger partial charge in [-0.15, -0.1) is 10.2 Å². The van der Waals surface area contributed by atoms with Crippen LogP contribution in [-0.4, -0.2) is 46.6 Å². The zero-order chi connectivity index (χ0) is 22.3. The fourth-order valence-corrected chi connectivity index (χ4v) is 3.35. The topological polar surface area (TPSA) is 112 Å². The molecule has 3 heterocycles. The molecule has 164 valence electrons. The Balaban J connectivity index is 1.20. The molecule has 32 heavy (non-hydrogen) atoms. The van der Waals surface area contributed by atoms with Gasteiger partial charge >= 0.3 is 0 Å². The Bertz CT molecular complexity index is 1060. The van der Waals surface area contributed by atoms with Crippen LogP contribution in [0, 0.1) is 11.7 Å². The van der Waals surface area contributed by atoms with E-state index in [-0.39, 0.29) is 30.6 Å². The number of carbonyl (C=O) groups is 2. The standard InChI is InChI=1S/C22H22FN7O2/c23-16-1-3-18(4-2-16)30-14-15(13-21(30)31)22(32)26-12-11-25-19-5-6-20(29-28-19)27-17-7-9-24-10-8-17/h1-10,15H,11-14H2,(H,25,28)(H,26,32)(H,24,27,29)/t15-/m0/s1. The zero-order valence-electron chi connectivity index (χ0n) is 17.2. The van der Waals surface area contributed by atoms with Gasteiger partial charge in [0.25, 0.3) is 0 Å². The Labute approximate surface area is 184 Å². The number of halogens is 1. The van der Waals surface area contributed by atoms with Crippen molar-refractivity contribution in [3.63, 3.8) is 0 Å². The van der Waals surface area contributed by atoms with Crippen LogP contribution < -0.4 is 20.9 Å². The third-order valence-electron chi connectivity index (χ3n) is 4.98. The van der Waals surface area contributed by atoms with E-state index in [1.807, 2.05) is 12.1 Å². The third-order valence-corrected chi connectivity index (χ3v) is 4.98. The van der Waals surface area contributed by atoms with E-state index >= 15 is 0 Å². The number of nitrogens with zero attached hydrogens (tertiary/aromatic N) is 4.